The van der Waals surface area contributed by atoms with Gasteiger partial charge >= 0.3 is 5.97 Å². The summed E-state index contributed by atoms with van der Waals surface area (Å²) < 4.78 is 4.89. The highest BCUT2D eigenvalue weighted by Gasteiger charge is 2.12. The second-order valence-corrected chi connectivity index (χ2v) is 4.05. The molecule has 0 aliphatic carbocycles. The molecule has 0 amide bonds. The SMILES string of the molecule is CCOC(=O)c1cc(SCC)ncc1N. The van der Waals surface area contributed by atoms with Crippen molar-refractivity contribution in [3.63, 3.8) is 0 Å². The molecule has 0 atom stereocenters. The minimum atomic E-state index is -0.393. The van der Waals surface area contributed by atoms with Gasteiger partial charge in [-0.05, 0) is 18.7 Å². The number of nitrogens with zero attached hydrogens (tertiary/aromatic N) is 1. The fraction of sp³-hybridized carbons (Fsp3) is 0.400. The smallest absolute Gasteiger partial charge is 0.340 e. The van der Waals surface area contributed by atoms with E-state index in [9.17, 15) is 4.79 Å². The Morgan fingerprint density at radius 2 is 2.33 bits per heavy atom. The van der Waals surface area contributed by atoms with Crippen molar-refractivity contribution in [2.45, 2.75) is 18.9 Å². The average molecular weight is 226 g/mol. The van der Waals surface area contributed by atoms with Crippen molar-refractivity contribution in [3.8, 4) is 0 Å². The Morgan fingerprint density at radius 1 is 1.60 bits per heavy atom. The molecule has 1 aromatic heterocycles. The summed E-state index contributed by atoms with van der Waals surface area (Å²) in [6.07, 6.45) is 1.49. The third-order valence-electron chi connectivity index (χ3n) is 1.70. The van der Waals surface area contributed by atoms with E-state index >= 15 is 0 Å². The minimum Gasteiger partial charge on any atom is -0.462 e. The molecule has 0 saturated carbocycles. The summed E-state index contributed by atoms with van der Waals surface area (Å²) in [6, 6.07) is 1.67. The van der Waals surface area contributed by atoms with E-state index in [-0.39, 0.29) is 0 Å². The van der Waals surface area contributed by atoms with Gasteiger partial charge in [-0.3, -0.25) is 0 Å². The predicted octanol–water partition coefficient (Wildman–Crippen LogP) is 1.95. The maximum absolute atomic E-state index is 11.5. The molecule has 0 aromatic carbocycles. The molecule has 0 spiro atoms. The zero-order valence-corrected chi connectivity index (χ0v) is 9.63. The Kier molecular flexibility index (Phi) is 4.42. The van der Waals surface area contributed by atoms with Gasteiger partial charge in [0.15, 0.2) is 0 Å². The van der Waals surface area contributed by atoms with Crippen LogP contribution in [0.1, 0.15) is 24.2 Å². The highest BCUT2D eigenvalue weighted by Crippen LogP contribution is 2.20. The molecular formula is C10H14N2O2S. The van der Waals surface area contributed by atoms with Gasteiger partial charge in [0.05, 0.1) is 29.1 Å². The number of hydrogen-bond donors (Lipinski definition) is 1. The highest BCUT2D eigenvalue weighted by molar-refractivity contribution is 7.99. The van der Waals surface area contributed by atoms with Crippen LogP contribution in [0.5, 0.6) is 0 Å². The van der Waals surface area contributed by atoms with Crippen LogP contribution in [0.2, 0.25) is 0 Å². The molecule has 82 valence electrons. The van der Waals surface area contributed by atoms with Crippen LogP contribution in [0.15, 0.2) is 17.3 Å². The Labute approximate surface area is 93.2 Å². The zero-order valence-electron chi connectivity index (χ0n) is 8.82. The summed E-state index contributed by atoms with van der Waals surface area (Å²) in [5, 5.41) is 0.787. The fourth-order valence-corrected chi connectivity index (χ4v) is 1.68. The normalized spacial score (nSPS) is 10.0. The number of rotatable bonds is 4. The molecule has 15 heavy (non-hydrogen) atoms. The van der Waals surface area contributed by atoms with Crippen LogP contribution >= 0.6 is 11.8 Å². The first-order valence-corrected chi connectivity index (χ1v) is 5.73. The van der Waals surface area contributed by atoms with Gasteiger partial charge in [-0.1, -0.05) is 6.92 Å². The van der Waals surface area contributed by atoms with Crippen LogP contribution in [-0.4, -0.2) is 23.3 Å². The van der Waals surface area contributed by atoms with Crippen LogP contribution in [-0.2, 0) is 4.74 Å². The van der Waals surface area contributed by atoms with Gasteiger partial charge in [0.25, 0.3) is 0 Å². The molecule has 4 nitrogen and oxygen atoms in total. The molecule has 0 bridgehead atoms. The second-order valence-electron chi connectivity index (χ2n) is 2.76. The van der Waals surface area contributed by atoms with Gasteiger partial charge in [0.1, 0.15) is 0 Å². The van der Waals surface area contributed by atoms with Crippen LogP contribution in [0.3, 0.4) is 0 Å². The van der Waals surface area contributed by atoms with Gasteiger partial charge in [-0.2, -0.15) is 0 Å². The quantitative estimate of drug-likeness (QED) is 0.628. The summed E-state index contributed by atoms with van der Waals surface area (Å²) >= 11 is 1.56. The minimum absolute atomic E-state index is 0.344. The molecule has 5 heteroatoms. The lowest BCUT2D eigenvalue weighted by molar-refractivity contribution is 0.0527. The van der Waals surface area contributed by atoms with Crippen molar-refractivity contribution in [1.29, 1.82) is 0 Å². The Bertz CT molecular complexity index is 355. The summed E-state index contributed by atoms with van der Waals surface area (Å²) in [4.78, 5) is 15.6. The van der Waals surface area contributed by atoms with E-state index in [1.807, 2.05) is 6.92 Å². The topological polar surface area (TPSA) is 65.2 Å². The van der Waals surface area contributed by atoms with Crippen LogP contribution in [0.4, 0.5) is 5.69 Å². The van der Waals surface area contributed by atoms with Crippen LogP contribution < -0.4 is 5.73 Å². The third kappa shape index (κ3) is 3.13. The van der Waals surface area contributed by atoms with Crippen LogP contribution in [0, 0.1) is 0 Å². The summed E-state index contributed by atoms with van der Waals surface area (Å²) in [7, 11) is 0. The number of carbonyl (C=O) groups excluding carboxylic acids is 1. The molecular weight excluding hydrogens is 212 g/mol. The first-order chi connectivity index (χ1) is 7.19. The van der Waals surface area contributed by atoms with Crippen molar-refractivity contribution < 1.29 is 9.53 Å². The predicted molar refractivity (Wildman–Crippen MR) is 61.0 cm³/mol. The number of esters is 1. The number of nitrogen functional groups attached to an aromatic ring is 1. The fourth-order valence-electron chi connectivity index (χ4n) is 1.06. The average Bonchev–Trinajstić information content (AvgIpc) is 2.21. The number of nitrogens with two attached hydrogens (primary N) is 1. The molecule has 0 unspecified atom stereocenters. The van der Waals surface area contributed by atoms with E-state index in [4.69, 9.17) is 10.5 Å². The van der Waals surface area contributed by atoms with Gasteiger partial charge < -0.3 is 10.5 Å². The number of thioether (sulfide) groups is 1. The van der Waals surface area contributed by atoms with E-state index in [1.165, 1.54) is 6.20 Å². The van der Waals surface area contributed by atoms with Crippen molar-refractivity contribution in [2.24, 2.45) is 0 Å². The van der Waals surface area contributed by atoms with E-state index in [0.717, 1.165) is 10.8 Å². The molecule has 2 N–H and O–H groups in total. The molecule has 1 aromatic rings. The lowest BCUT2D eigenvalue weighted by Gasteiger charge is -2.06. The van der Waals surface area contributed by atoms with Gasteiger partial charge in [0, 0.05) is 0 Å². The number of carbonyl (C=O) groups is 1. The maximum Gasteiger partial charge on any atom is 0.340 e. The van der Waals surface area contributed by atoms with Crippen molar-refractivity contribution >= 4 is 23.4 Å². The van der Waals surface area contributed by atoms with E-state index in [0.29, 0.717) is 17.9 Å². The maximum atomic E-state index is 11.5. The Balaban J connectivity index is 2.94. The molecule has 0 fully saturated rings. The molecule has 0 radical (unpaired) electrons. The number of aromatic nitrogens is 1. The third-order valence-corrected chi connectivity index (χ3v) is 2.50. The van der Waals surface area contributed by atoms with Crippen molar-refractivity contribution in [2.75, 3.05) is 18.1 Å². The van der Waals surface area contributed by atoms with Crippen molar-refractivity contribution in [3.05, 3.63) is 17.8 Å². The number of pyridine rings is 1. The Hall–Kier alpha value is -1.23. The summed E-state index contributed by atoms with van der Waals surface area (Å²) in [5.41, 5.74) is 6.39. The lowest BCUT2D eigenvalue weighted by Crippen LogP contribution is -2.08. The monoisotopic (exact) mass is 226 g/mol. The van der Waals surface area contributed by atoms with Crippen molar-refractivity contribution in [1.82, 2.24) is 4.98 Å². The van der Waals surface area contributed by atoms with E-state index in [1.54, 1.807) is 24.8 Å². The molecule has 0 aliphatic heterocycles. The second kappa shape index (κ2) is 5.60. The van der Waals surface area contributed by atoms with E-state index in [2.05, 4.69) is 4.98 Å². The first kappa shape index (κ1) is 11.8. The number of anilines is 1. The standard InChI is InChI=1S/C10H14N2O2S/c1-3-14-10(13)7-5-9(15-4-2)12-6-8(7)11/h5-6H,3-4,11H2,1-2H3. The number of hydrogen-bond acceptors (Lipinski definition) is 5. The lowest BCUT2D eigenvalue weighted by atomic mass is 10.2. The summed E-state index contributed by atoms with van der Waals surface area (Å²) in [6.45, 7) is 4.13. The summed E-state index contributed by atoms with van der Waals surface area (Å²) in [5.74, 6) is 0.509. The zero-order chi connectivity index (χ0) is 11.3. The Morgan fingerprint density at radius 3 is 2.93 bits per heavy atom. The van der Waals surface area contributed by atoms with Gasteiger partial charge in [-0.25, -0.2) is 9.78 Å². The van der Waals surface area contributed by atoms with Gasteiger partial charge in [-0.15, -0.1) is 11.8 Å². The molecule has 1 heterocycles. The molecule has 0 saturated heterocycles. The first-order valence-electron chi connectivity index (χ1n) is 4.74. The van der Waals surface area contributed by atoms with Crippen LogP contribution in [0.25, 0.3) is 0 Å². The number of ether oxygens (including phenoxy) is 1. The van der Waals surface area contributed by atoms with Gasteiger partial charge in [0.2, 0.25) is 0 Å². The largest absolute Gasteiger partial charge is 0.462 e. The van der Waals surface area contributed by atoms with E-state index < -0.39 is 5.97 Å². The molecule has 0 aliphatic rings. The highest BCUT2D eigenvalue weighted by atomic mass is 32.2. The molecule has 1 rings (SSSR count).